The predicted octanol–water partition coefficient (Wildman–Crippen LogP) is 4.17. The second-order valence-electron chi connectivity index (χ2n) is 5.29. The molecule has 0 unspecified atom stereocenters. The molecule has 1 heterocycles. The van der Waals surface area contributed by atoms with Gasteiger partial charge in [0.15, 0.2) is 0 Å². The van der Waals surface area contributed by atoms with Crippen LogP contribution in [0.1, 0.15) is 18.1 Å². The zero-order chi connectivity index (χ0) is 14.1. The number of anilines is 1. The van der Waals surface area contributed by atoms with E-state index in [9.17, 15) is 4.79 Å². The Kier molecular flexibility index (Phi) is 3.62. The van der Waals surface area contributed by atoms with E-state index in [0.717, 1.165) is 22.1 Å². The number of fused-ring (bicyclic) bond motifs is 1. The van der Waals surface area contributed by atoms with Gasteiger partial charge in [-0.15, -0.1) is 0 Å². The van der Waals surface area contributed by atoms with E-state index in [-0.39, 0.29) is 11.8 Å². The smallest absolute Gasteiger partial charge is 0.230 e. The second-order valence-corrected chi connectivity index (χ2v) is 6.20. The van der Waals surface area contributed by atoms with Crippen LogP contribution in [-0.2, 0) is 17.8 Å². The molecule has 3 rings (SSSR count). The van der Waals surface area contributed by atoms with Crippen molar-refractivity contribution in [3.63, 3.8) is 0 Å². The van der Waals surface area contributed by atoms with E-state index in [0.29, 0.717) is 6.54 Å². The molecule has 0 saturated heterocycles. The second kappa shape index (κ2) is 5.41. The standard InChI is InChI=1S/C17H16BrNO/c1-12-9-14-10-15(18)7-8-16(14)19(17(12)20)11-13-5-3-2-4-6-13/h2-8,10,12H,9,11H2,1H3/t12-/m0/s1. The highest BCUT2D eigenvalue weighted by atomic mass is 79.9. The Morgan fingerprint density at radius 2 is 1.95 bits per heavy atom. The third-order valence-electron chi connectivity index (χ3n) is 3.73. The number of carbonyl (C=O) groups is 1. The Balaban J connectivity index is 1.99. The van der Waals surface area contributed by atoms with Gasteiger partial charge in [0.1, 0.15) is 0 Å². The van der Waals surface area contributed by atoms with Gasteiger partial charge in [0.2, 0.25) is 5.91 Å². The maximum absolute atomic E-state index is 12.5. The van der Waals surface area contributed by atoms with Gasteiger partial charge in [-0.25, -0.2) is 0 Å². The number of halogens is 1. The number of rotatable bonds is 2. The molecule has 0 N–H and O–H groups in total. The van der Waals surface area contributed by atoms with Gasteiger partial charge in [-0.05, 0) is 35.7 Å². The SMILES string of the molecule is C[C@H]1Cc2cc(Br)ccc2N(Cc2ccccc2)C1=O. The van der Waals surface area contributed by atoms with Crippen LogP contribution in [0.4, 0.5) is 5.69 Å². The molecule has 2 aromatic rings. The van der Waals surface area contributed by atoms with Crippen molar-refractivity contribution in [1.29, 1.82) is 0 Å². The molecule has 0 aromatic heterocycles. The quantitative estimate of drug-likeness (QED) is 0.809. The number of amides is 1. The van der Waals surface area contributed by atoms with E-state index in [4.69, 9.17) is 0 Å². The Hall–Kier alpha value is -1.61. The molecule has 1 aliphatic heterocycles. The lowest BCUT2D eigenvalue weighted by molar-refractivity contribution is -0.122. The zero-order valence-electron chi connectivity index (χ0n) is 11.3. The van der Waals surface area contributed by atoms with Crippen LogP contribution in [0.25, 0.3) is 0 Å². The molecule has 1 atom stereocenters. The van der Waals surface area contributed by atoms with Crippen LogP contribution >= 0.6 is 15.9 Å². The van der Waals surface area contributed by atoms with Gasteiger partial charge in [-0.2, -0.15) is 0 Å². The van der Waals surface area contributed by atoms with E-state index in [1.54, 1.807) is 0 Å². The van der Waals surface area contributed by atoms with Gasteiger partial charge in [0.05, 0.1) is 6.54 Å². The largest absolute Gasteiger partial charge is 0.307 e. The minimum atomic E-state index is 0.0421. The number of hydrogen-bond donors (Lipinski definition) is 0. The van der Waals surface area contributed by atoms with Crippen molar-refractivity contribution >= 4 is 27.5 Å². The summed E-state index contributed by atoms with van der Waals surface area (Å²) in [6.07, 6.45) is 0.818. The minimum absolute atomic E-state index is 0.0421. The Labute approximate surface area is 127 Å². The van der Waals surface area contributed by atoms with Crippen molar-refractivity contribution in [2.75, 3.05) is 4.90 Å². The van der Waals surface area contributed by atoms with Crippen molar-refractivity contribution in [3.8, 4) is 0 Å². The van der Waals surface area contributed by atoms with Crippen molar-refractivity contribution in [2.24, 2.45) is 5.92 Å². The lowest BCUT2D eigenvalue weighted by Crippen LogP contribution is -2.39. The summed E-state index contributed by atoms with van der Waals surface area (Å²) in [4.78, 5) is 14.4. The van der Waals surface area contributed by atoms with E-state index in [2.05, 4.69) is 34.1 Å². The first kappa shape index (κ1) is 13.4. The van der Waals surface area contributed by atoms with E-state index >= 15 is 0 Å². The summed E-state index contributed by atoms with van der Waals surface area (Å²) in [5, 5.41) is 0. The van der Waals surface area contributed by atoms with Crippen molar-refractivity contribution in [2.45, 2.75) is 19.9 Å². The van der Waals surface area contributed by atoms with Crippen LogP contribution in [0, 0.1) is 5.92 Å². The third-order valence-corrected chi connectivity index (χ3v) is 4.22. The Morgan fingerprint density at radius 1 is 1.20 bits per heavy atom. The van der Waals surface area contributed by atoms with Gasteiger partial charge >= 0.3 is 0 Å². The van der Waals surface area contributed by atoms with Crippen molar-refractivity contribution in [3.05, 3.63) is 64.1 Å². The lowest BCUT2D eigenvalue weighted by atomic mass is 9.92. The molecule has 1 amide bonds. The molecular weight excluding hydrogens is 314 g/mol. The highest BCUT2D eigenvalue weighted by Gasteiger charge is 2.29. The molecule has 0 aliphatic carbocycles. The van der Waals surface area contributed by atoms with E-state index < -0.39 is 0 Å². The minimum Gasteiger partial charge on any atom is -0.307 e. The van der Waals surface area contributed by atoms with Crippen LogP contribution in [-0.4, -0.2) is 5.91 Å². The third kappa shape index (κ3) is 2.50. The summed E-state index contributed by atoms with van der Waals surface area (Å²) >= 11 is 3.51. The molecule has 2 nitrogen and oxygen atoms in total. The first-order valence-corrected chi connectivity index (χ1v) is 7.58. The molecule has 3 heteroatoms. The van der Waals surface area contributed by atoms with Crippen LogP contribution in [0.2, 0.25) is 0 Å². The van der Waals surface area contributed by atoms with Crippen molar-refractivity contribution < 1.29 is 4.79 Å². The zero-order valence-corrected chi connectivity index (χ0v) is 12.9. The van der Waals surface area contributed by atoms with Crippen LogP contribution in [0.15, 0.2) is 53.0 Å². The fourth-order valence-corrected chi connectivity index (χ4v) is 3.12. The van der Waals surface area contributed by atoms with Gasteiger partial charge in [0.25, 0.3) is 0 Å². The highest BCUT2D eigenvalue weighted by Crippen LogP contribution is 2.33. The van der Waals surface area contributed by atoms with E-state index in [1.807, 2.05) is 42.2 Å². The number of benzene rings is 2. The summed E-state index contributed by atoms with van der Waals surface area (Å²) in [7, 11) is 0. The summed E-state index contributed by atoms with van der Waals surface area (Å²) in [6.45, 7) is 2.64. The molecular formula is C17H16BrNO. The summed E-state index contributed by atoms with van der Waals surface area (Å²) in [6, 6.07) is 16.3. The first-order chi connectivity index (χ1) is 9.65. The normalized spacial score (nSPS) is 18.0. The number of nitrogens with zero attached hydrogens (tertiary/aromatic N) is 1. The van der Waals surface area contributed by atoms with Gasteiger partial charge < -0.3 is 4.90 Å². The fourth-order valence-electron chi connectivity index (χ4n) is 2.71. The number of carbonyl (C=O) groups excluding carboxylic acids is 1. The average Bonchev–Trinajstić information content (AvgIpc) is 2.45. The molecule has 0 fully saturated rings. The summed E-state index contributed by atoms with van der Waals surface area (Å²) in [5.41, 5.74) is 3.44. The van der Waals surface area contributed by atoms with Gasteiger partial charge in [-0.3, -0.25) is 4.79 Å². The molecule has 0 bridgehead atoms. The Morgan fingerprint density at radius 3 is 2.70 bits per heavy atom. The van der Waals surface area contributed by atoms with Gasteiger partial charge in [0, 0.05) is 16.1 Å². The fraction of sp³-hybridized carbons (Fsp3) is 0.235. The van der Waals surface area contributed by atoms with Crippen LogP contribution in [0.3, 0.4) is 0 Å². The van der Waals surface area contributed by atoms with Gasteiger partial charge in [-0.1, -0.05) is 53.2 Å². The summed E-state index contributed by atoms with van der Waals surface area (Å²) in [5.74, 6) is 0.254. The summed E-state index contributed by atoms with van der Waals surface area (Å²) < 4.78 is 1.07. The maximum Gasteiger partial charge on any atom is 0.230 e. The maximum atomic E-state index is 12.5. The highest BCUT2D eigenvalue weighted by molar-refractivity contribution is 9.10. The first-order valence-electron chi connectivity index (χ1n) is 6.79. The molecule has 2 aromatic carbocycles. The molecule has 102 valence electrons. The average molecular weight is 330 g/mol. The van der Waals surface area contributed by atoms with Crippen LogP contribution in [0.5, 0.6) is 0 Å². The number of hydrogen-bond acceptors (Lipinski definition) is 1. The van der Waals surface area contributed by atoms with Crippen LogP contribution < -0.4 is 4.90 Å². The lowest BCUT2D eigenvalue weighted by Gasteiger charge is -2.33. The molecule has 1 aliphatic rings. The monoisotopic (exact) mass is 329 g/mol. The topological polar surface area (TPSA) is 20.3 Å². The molecule has 0 spiro atoms. The van der Waals surface area contributed by atoms with Crippen molar-refractivity contribution in [1.82, 2.24) is 0 Å². The molecule has 20 heavy (non-hydrogen) atoms. The molecule has 0 saturated carbocycles. The molecule has 0 radical (unpaired) electrons. The predicted molar refractivity (Wildman–Crippen MR) is 84.6 cm³/mol. The van der Waals surface area contributed by atoms with E-state index in [1.165, 1.54) is 5.56 Å². The Bertz CT molecular complexity index is 639.